The maximum atomic E-state index is 12.4. The normalized spacial score (nSPS) is 18.0. The van der Waals surface area contributed by atoms with Gasteiger partial charge in [-0.3, -0.25) is 20.4 Å². The Labute approximate surface area is 134 Å². The predicted molar refractivity (Wildman–Crippen MR) is 85.8 cm³/mol. The third-order valence-corrected chi connectivity index (χ3v) is 4.06. The first-order valence-electron chi connectivity index (χ1n) is 7.60. The molecule has 2 aliphatic rings. The van der Waals surface area contributed by atoms with Gasteiger partial charge >= 0.3 is 0 Å². The molecule has 0 radical (unpaired) electrons. The minimum Gasteiger partial charge on any atom is -0.497 e. The summed E-state index contributed by atoms with van der Waals surface area (Å²) in [5.41, 5.74) is 6.71. The van der Waals surface area contributed by atoms with Gasteiger partial charge in [0.25, 0.3) is 5.91 Å². The van der Waals surface area contributed by atoms with E-state index in [9.17, 15) is 9.59 Å². The number of carbonyl (C=O) groups is 2. The first-order valence-corrected chi connectivity index (χ1v) is 7.60. The SMILES string of the molecule is COc1ccc(N2CCN(C(=O)C3=CCC(=O)NN3)CC2)cc1. The Kier molecular flexibility index (Phi) is 4.36. The quantitative estimate of drug-likeness (QED) is 0.836. The largest absolute Gasteiger partial charge is 0.497 e. The van der Waals surface area contributed by atoms with Gasteiger partial charge in [0.2, 0.25) is 5.91 Å². The second-order valence-electron chi connectivity index (χ2n) is 5.47. The van der Waals surface area contributed by atoms with Gasteiger partial charge in [-0.2, -0.15) is 0 Å². The van der Waals surface area contributed by atoms with Gasteiger partial charge in [0, 0.05) is 38.3 Å². The summed E-state index contributed by atoms with van der Waals surface area (Å²) < 4.78 is 5.17. The highest BCUT2D eigenvalue weighted by Gasteiger charge is 2.25. The average Bonchev–Trinajstić information content (AvgIpc) is 2.62. The molecule has 0 saturated carbocycles. The molecule has 0 unspecified atom stereocenters. The highest BCUT2D eigenvalue weighted by molar-refractivity contribution is 5.95. The molecule has 1 fully saturated rings. The third-order valence-electron chi connectivity index (χ3n) is 4.06. The molecule has 2 amide bonds. The summed E-state index contributed by atoms with van der Waals surface area (Å²) in [5, 5.41) is 0. The number of carbonyl (C=O) groups excluding carboxylic acids is 2. The van der Waals surface area contributed by atoms with Crippen LogP contribution in [-0.2, 0) is 9.59 Å². The fraction of sp³-hybridized carbons (Fsp3) is 0.375. The summed E-state index contributed by atoms with van der Waals surface area (Å²) in [4.78, 5) is 27.5. The van der Waals surface area contributed by atoms with E-state index < -0.39 is 0 Å². The van der Waals surface area contributed by atoms with Gasteiger partial charge in [-0.25, -0.2) is 0 Å². The standard InChI is InChI=1S/C16H20N4O3/c1-23-13-4-2-12(3-5-13)19-8-10-20(11-9-19)16(22)14-6-7-15(21)18-17-14/h2-6,17H,7-11H2,1H3,(H,18,21). The lowest BCUT2D eigenvalue weighted by atomic mass is 10.2. The van der Waals surface area contributed by atoms with Crippen molar-refractivity contribution in [2.24, 2.45) is 0 Å². The van der Waals surface area contributed by atoms with Crippen molar-refractivity contribution in [2.45, 2.75) is 6.42 Å². The van der Waals surface area contributed by atoms with Crippen molar-refractivity contribution in [3.63, 3.8) is 0 Å². The lowest BCUT2D eigenvalue weighted by Gasteiger charge is -2.36. The van der Waals surface area contributed by atoms with Gasteiger partial charge in [-0.05, 0) is 30.3 Å². The molecule has 3 rings (SSSR count). The lowest BCUT2D eigenvalue weighted by molar-refractivity contribution is -0.128. The molecule has 23 heavy (non-hydrogen) atoms. The first kappa shape index (κ1) is 15.2. The molecule has 0 aromatic heterocycles. The number of piperazine rings is 1. The zero-order valence-corrected chi connectivity index (χ0v) is 13.0. The summed E-state index contributed by atoms with van der Waals surface area (Å²) in [6.07, 6.45) is 1.87. The highest BCUT2D eigenvalue weighted by Crippen LogP contribution is 2.20. The van der Waals surface area contributed by atoms with E-state index in [1.807, 2.05) is 24.3 Å². The number of benzene rings is 1. The number of methoxy groups -OCH3 is 1. The minimum absolute atomic E-state index is 0.0700. The Morgan fingerprint density at radius 2 is 1.78 bits per heavy atom. The molecular weight excluding hydrogens is 296 g/mol. The van der Waals surface area contributed by atoms with Crippen LogP contribution in [0.4, 0.5) is 5.69 Å². The Morgan fingerprint density at radius 1 is 1.09 bits per heavy atom. The van der Waals surface area contributed by atoms with Crippen molar-refractivity contribution in [2.75, 3.05) is 38.2 Å². The number of ether oxygens (including phenoxy) is 1. The highest BCUT2D eigenvalue weighted by atomic mass is 16.5. The van der Waals surface area contributed by atoms with Gasteiger partial charge in [-0.1, -0.05) is 0 Å². The molecule has 2 aliphatic heterocycles. The van der Waals surface area contributed by atoms with Crippen LogP contribution in [0.1, 0.15) is 6.42 Å². The Hall–Kier alpha value is -2.70. The minimum atomic E-state index is -0.133. The topological polar surface area (TPSA) is 73.9 Å². The monoisotopic (exact) mass is 316 g/mol. The van der Waals surface area contributed by atoms with Gasteiger partial charge in [-0.15, -0.1) is 0 Å². The molecule has 7 heteroatoms. The molecule has 7 nitrogen and oxygen atoms in total. The van der Waals surface area contributed by atoms with Crippen LogP contribution in [0.25, 0.3) is 0 Å². The summed E-state index contributed by atoms with van der Waals surface area (Å²) >= 11 is 0. The number of hydrogen-bond donors (Lipinski definition) is 2. The summed E-state index contributed by atoms with van der Waals surface area (Å²) in [7, 11) is 1.65. The van der Waals surface area contributed by atoms with Gasteiger partial charge in [0.15, 0.2) is 0 Å². The van der Waals surface area contributed by atoms with Crippen LogP contribution < -0.4 is 20.5 Å². The van der Waals surface area contributed by atoms with Gasteiger partial charge in [0.05, 0.1) is 7.11 Å². The Bertz CT molecular complexity index is 619. The van der Waals surface area contributed by atoms with Gasteiger partial charge < -0.3 is 14.5 Å². The van der Waals surface area contributed by atoms with E-state index in [4.69, 9.17) is 4.74 Å². The van der Waals surface area contributed by atoms with Crippen molar-refractivity contribution in [1.82, 2.24) is 15.8 Å². The molecule has 1 aromatic carbocycles. The smallest absolute Gasteiger partial charge is 0.271 e. The van der Waals surface area contributed by atoms with E-state index in [2.05, 4.69) is 15.8 Å². The number of anilines is 1. The molecule has 2 heterocycles. The van der Waals surface area contributed by atoms with E-state index in [1.165, 1.54) is 0 Å². The summed E-state index contributed by atoms with van der Waals surface area (Å²) in [6.45, 7) is 2.85. The molecule has 1 aromatic rings. The number of nitrogens with zero attached hydrogens (tertiary/aromatic N) is 2. The van der Waals surface area contributed by atoms with Crippen molar-refractivity contribution in [3.8, 4) is 5.75 Å². The second-order valence-corrected chi connectivity index (χ2v) is 5.47. The van der Waals surface area contributed by atoms with E-state index in [0.29, 0.717) is 18.8 Å². The number of hydrazine groups is 1. The molecule has 2 N–H and O–H groups in total. The fourth-order valence-corrected chi connectivity index (χ4v) is 2.71. The van der Waals surface area contributed by atoms with Crippen LogP contribution in [0.2, 0.25) is 0 Å². The van der Waals surface area contributed by atoms with Crippen LogP contribution >= 0.6 is 0 Å². The maximum Gasteiger partial charge on any atom is 0.271 e. The number of rotatable bonds is 3. The third kappa shape index (κ3) is 3.39. The van der Waals surface area contributed by atoms with Crippen molar-refractivity contribution in [3.05, 3.63) is 36.0 Å². The lowest BCUT2D eigenvalue weighted by Crippen LogP contribution is -2.52. The average molecular weight is 316 g/mol. The zero-order valence-electron chi connectivity index (χ0n) is 13.0. The summed E-state index contributed by atoms with van der Waals surface area (Å²) in [6, 6.07) is 7.92. The maximum absolute atomic E-state index is 12.4. The second kappa shape index (κ2) is 6.60. The Balaban J connectivity index is 1.57. The van der Waals surface area contributed by atoms with Crippen LogP contribution in [-0.4, -0.2) is 50.0 Å². The number of nitrogens with one attached hydrogen (secondary N) is 2. The van der Waals surface area contributed by atoms with Crippen LogP contribution in [0.5, 0.6) is 5.75 Å². The molecule has 0 bridgehead atoms. The zero-order chi connectivity index (χ0) is 16.2. The van der Waals surface area contributed by atoms with Gasteiger partial charge in [0.1, 0.15) is 11.4 Å². The fourth-order valence-electron chi connectivity index (χ4n) is 2.71. The molecular formula is C16H20N4O3. The van der Waals surface area contributed by atoms with E-state index >= 15 is 0 Å². The van der Waals surface area contributed by atoms with Crippen LogP contribution in [0.15, 0.2) is 36.0 Å². The Morgan fingerprint density at radius 3 is 2.35 bits per heavy atom. The van der Waals surface area contributed by atoms with Crippen molar-refractivity contribution >= 4 is 17.5 Å². The van der Waals surface area contributed by atoms with E-state index in [0.717, 1.165) is 24.5 Å². The van der Waals surface area contributed by atoms with Crippen molar-refractivity contribution in [1.29, 1.82) is 0 Å². The molecule has 0 aliphatic carbocycles. The molecule has 0 atom stereocenters. The van der Waals surface area contributed by atoms with E-state index in [1.54, 1.807) is 18.1 Å². The molecule has 0 spiro atoms. The predicted octanol–water partition coefficient (Wildman–Crippen LogP) is 0.252. The summed E-state index contributed by atoms with van der Waals surface area (Å²) in [5.74, 6) is 0.630. The first-order chi connectivity index (χ1) is 11.2. The molecule has 122 valence electrons. The van der Waals surface area contributed by atoms with Crippen LogP contribution in [0.3, 0.4) is 0 Å². The number of amides is 2. The molecule has 1 saturated heterocycles. The van der Waals surface area contributed by atoms with Crippen LogP contribution in [0, 0.1) is 0 Å². The number of hydrogen-bond acceptors (Lipinski definition) is 5. The van der Waals surface area contributed by atoms with E-state index in [-0.39, 0.29) is 18.2 Å². The van der Waals surface area contributed by atoms with Crippen molar-refractivity contribution < 1.29 is 14.3 Å².